The van der Waals surface area contributed by atoms with Crippen LogP contribution in [0.2, 0.25) is 0 Å². The Labute approximate surface area is 172 Å². The van der Waals surface area contributed by atoms with E-state index in [1.807, 2.05) is 25.1 Å². The molecule has 0 unspecified atom stereocenters. The average Bonchev–Trinajstić information content (AvgIpc) is 2.74. The molecule has 0 aliphatic carbocycles. The van der Waals surface area contributed by atoms with Crippen molar-refractivity contribution in [2.45, 2.75) is 19.8 Å². The Bertz CT molecular complexity index is 956. The highest BCUT2D eigenvalue weighted by molar-refractivity contribution is 5.96. The fourth-order valence-electron chi connectivity index (χ4n) is 3.33. The zero-order valence-electron chi connectivity index (χ0n) is 16.5. The fourth-order valence-corrected chi connectivity index (χ4v) is 3.33. The summed E-state index contributed by atoms with van der Waals surface area (Å²) in [5.41, 5.74) is 1.34. The van der Waals surface area contributed by atoms with Gasteiger partial charge in [-0.15, -0.1) is 0 Å². The summed E-state index contributed by atoms with van der Waals surface area (Å²) in [5, 5.41) is 2.23. The molecule has 2 aromatic rings. The van der Waals surface area contributed by atoms with Gasteiger partial charge < -0.3 is 15.0 Å². The van der Waals surface area contributed by atoms with Gasteiger partial charge in [-0.1, -0.05) is 18.2 Å². The molecule has 6 nitrogen and oxygen atoms in total. The number of nitrogens with zero attached hydrogens (tertiary/aromatic N) is 1. The summed E-state index contributed by atoms with van der Waals surface area (Å²) in [7, 11) is 0. The molecule has 3 rings (SSSR count). The number of hydrogen-bond donors (Lipinski definition) is 1. The Morgan fingerprint density at radius 1 is 1.10 bits per heavy atom. The third-order valence-electron chi connectivity index (χ3n) is 5.04. The van der Waals surface area contributed by atoms with Gasteiger partial charge >= 0.3 is 5.97 Å². The van der Waals surface area contributed by atoms with Gasteiger partial charge in [-0.3, -0.25) is 14.4 Å². The number of carbonyl (C=O) groups is 3. The molecule has 1 saturated heterocycles. The SMILES string of the molecule is Cc1ccccc1C(=O)N1CCC(C(=O)OCC(=O)Nc2ccc(F)cc2F)CC1. The van der Waals surface area contributed by atoms with E-state index in [4.69, 9.17) is 4.74 Å². The molecule has 1 N–H and O–H groups in total. The second-order valence-corrected chi connectivity index (χ2v) is 7.16. The predicted molar refractivity (Wildman–Crippen MR) is 106 cm³/mol. The van der Waals surface area contributed by atoms with Crippen LogP contribution in [0.5, 0.6) is 0 Å². The first-order chi connectivity index (χ1) is 14.3. The van der Waals surface area contributed by atoms with E-state index in [2.05, 4.69) is 5.32 Å². The highest BCUT2D eigenvalue weighted by Gasteiger charge is 2.29. The highest BCUT2D eigenvalue weighted by atomic mass is 19.1. The summed E-state index contributed by atoms with van der Waals surface area (Å²) in [6.45, 7) is 2.14. The van der Waals surface area contributed by atoms with Crippen LogP contribution < -0.4 is 5.32 Å². The summed E-state index contributed by atoms with van der Waals surface area (Å²) in [4.78, 5) is 38.4. The number of halogens is 2. The molecule has 158 valence electrons. The Hall–Kier alpha value is -3.29. The van der Waals surface area contributed by atoms with E-state index < -0.39 is 36.0 Å². The average molecular weight is 416 g/mol. The summed E-state index contributed by atoms with van der Waals surface area (Å²) >= 11 is 0. The number of nitrogens with one attached hydrogen (secondary N) is 1. The predicted octanol–water partition coefficient (Wildman–Crippen LogP) is 3.31. The monoisotopic (exact) mass is 416 g/mol. The first kappa shape index (κ1) is 21.4. The van der Waals surface area contributed by atoms with Crippen LogP contribution in [0.3, 0.4) is 0 Å². The van der Waals surface area contributed by atoms with Crippen molar-refractivity contribution in [3.05, 3.63) is 65.2 Å². The molecule has 0 aromatic heterocycles. The largest absolute Gasteiger partial charge is 0.455 e. The van der Waals surface area contributed by atoms with Crippen molar-refractivity contribution in [2.24, 2.45) is 5.92 Å². The number of amides is 2. The van der Waals surface area contributed by atoms with Crippen molar-refractivity contribution in [2.75, 3.05) is 25.0 Å². The number of esters is 1. The number of benzene rings is 2. The molecule has 1 aliphatic rings. The van der Waals surface area contributed by atoms with Crippen molar-refractivity contribution in [3.63, 3.8) is 0 Å². The lowest BCUT2D eigenvalue weighted by atomic mass is 9.96. The van der Waals surface area contributed by atoms with Crippen molar-refractivity contribution < 1.29 is 27.9 Å². The summed E-state index contributed by atoms with van der Waals surface area (Å²) in [5.74, 6) is -3.42. The molecule has 0 saturated carbocycles. The van der Waals surface area contributed by atoms with E-state index in [0.717, 1.165) is 17.7 Å². The molecule has 1 fully saturated rings. The maximum absolute atomic E-state index is 13.6. The lowest BCUT2D eigenvalue weighted by molar-refractivity contribution is -0.152. The molecule has 0 radical (unpaired) electrons. The minimum Gasteiger partial charge on any atom is -0.455 e. The van der Waals surface area contributed by atoms with Gasteiger partial charge in [0.1, 0.15) is 11.6 Å². The van der Waals surface area contributed by atoms with Crippen LogP contribution in [0.15, 0.2) is 42.5 Å². The number of hydrogen-bond acceptors (Lipinski definition) is 4. The topological polar surface area (TPSA) is 75.7 Å². The minimum atomic E-state index is -0.916. The van der Waals surface area contributed by atoms with E-state index in [1.54, 1.807) is 11.0 Å². The summed E-state index contributed by atoms with van der Waals surface area (Å²) < 4.78 is 31.5. The molecule has 0 atom stereocenters. The third-order valence-corrected chi connectivity index (χ3v) is 5.04. The van der Waals surface area contributed by atoms with Gasteiger partial charge in [-0.05, 0) is 43.5 Å². The van der Waals surface area contributed by atoms with E-state index in [0.29, 0.717) is 37.6 Å². The molecule has 8 heteroatoms. The molecule has 0 bridgehead atoms. The number of rotatable bonds is 5. The molecule has 0 spiro atoms. The van der Waals surface area contributed by atoms with Gasteiger partial charge in [-0.2, -0.15) is 0 Å². The zero-order valence-corrected chi connectivity index (χ0v) is 16.5. The molecular formula is C22H22F2N2O4. The van der Waals surface area contributed by atoms with E-state index in [1.165, 1.54) is 0 Å². The van der Waals surface area contributed by atoms with Crippen LogP contribution in [0.1, 0.15) is 28.8 Å². The zero-order chi connectivity index (χ0) is 21.7. The summed E-state index contributed by atoms with van der Waals surface area (Å²) in [6, 6.07) is 10.1. The maximum atomic E-state index is 13.6. The third kappa shape index (κ3) is 5.20. The molecule has 1 aliphatic heterocycles. The standard InChI is InChI=1S/C22H22F2N2O4/c1-14-4-2-3-5-17(14)21(28)26-10-8-15(9-11-26)22(29)30-13-20(27)25-19-7-6-16(23)12-18(19)24/h2-7,12,15H,8-11,13H2,1H3,(H,25,27). The van der Waals surface area contributed by atoms with Gasteiger partial charge in [0.25, 0.3) is 11.8 Å². The van der Waals surface area contributed by atoms with Crippen LogP contribution in [-0.4, -0.2) is 42.4 Å². The lowest BCUT2D eigenvalue weighted by Gasteiger charge is -2.31. The van der Waals surface area contributed by atoms with Crippen molar-refractivity contribution in [1.82, 2.24) is 4.90 Å². The Balaban J connectivity index is 1.45. The van der Waals surface area contributed by atoms with Crippen molar-refractivity contribution in [3.8, 4) is 0 Å². The molecule has 2 aromatic carbocycles. The van der Waals surface area contributed by atoms with Gasteiger partial charge in [0.05, 0.1) is 11.6 Å². The van der Waals surface area contributed by atoms with Gasteiger partial charge in [0.15, 0.2) is 6.61 Å². The van der Waals surface area contributed by atoms with Crippen LogP contribution >= 0.6 is 0 Å². The number of aryl methyl sites for hydroxylation is 1. The van der Waals surface area contributed by atoms with E-state index in [-0.39, 0.29) is 11.6 Å². The van der Waals surface area contributed by atoms with Crippen LogP contribution in [0.25, 0.3) is 0 Å². The molecule has 2 amide bonds. The Morgan fingerprint density at radius 2 is 1.80 bits per heavy atom. The minimum absolute atomic E-state index is 0.0689. The second-order valence-electron chi connectivity index (χ2n) is 7.16. The molecule has 1 heterocycles. The number of likely N-dealkylation sites (tertiary alicyclic amines) is 1. The molecular weight excluding hydrogens is 394 g/mol. The van der Waals surface area contributed by atoms with Crippen LogP contribution in [0.4, 0.5) is 14.5 Å². The summed E-state index contributed by atoms with van der Waals surface area (Å²) in [6.07, 6.45) is 0.870. The van der Waals surface area contributed by atoms with Gasteiger partial charge in [0.2, 0.25) is 0 Å². The first-order valence-corrected chi connectivity index (χ1v) is 9.61. The van der Waals surface area contributed by atoms with Crippen molar-refractivity contribution >= 4 is 23.5 Å². The van der Waals surface area contributed by atoms with Crippen molar-refractivity contribution in [1.29, 1.82) is 0 Å². The van der Waals surface area contributed by atoms with E-state index in [9.17, 15) is 23.2 Å². The van der Waals surface area contributed by atoms with E-state index >= 15 is 0 Å². The smallest absolute Gasteiger partial charge is 0.309 e. The van der Waals surface area contributed by atoms with Gasteiger partial charge in [0, 0.05) is 24.7 Å². The highest BCUT2D eigenvalue weighted by Crippen LogP contribution is 2.21. The number of piperidine rings is 1. The normalized spacial score (nSPS) is 14.3. The number of ether oxygens (including phenoxy) is 1. The quantitative estimate of drug-likeness (QED) is 0.759. The Kier molecular flexibility index (Phi) is 6.76. The Morgan fingerprint density at radius 3 is 2.47 bits per heavy atom. The first-order valence-electron chi connectivity index (χ1n) is 9.61. The fraction of sp³-hybridized carbons (Fsp3) is 0.318. The van der Waals surface area contributed by atoms with Crippen LogP contribution in [-0.2, 0) is 14.3 Å². The lowest BCUT2D eigenvalue weighted by Crippen LogP contribution is -2.41. The second kappa shape index (κ2) is 9.47. The molecule has 30 heavy (non-hydrogen) atoms. The van der Waals surface area contributed by atoms with Crippen LogP contribution in [0, 0.1) is 24.5 Å². The number of carbonyl (C=O) groups excluding carboxylic acids is 3. The maximum Gasteiger partial charge on any atom is 0.309 e. The number of anilines is 1. The van der Waals surface area contributed by atoms with Gasteiger partial charge in [-0.25, -0.2) is 8.78 Å².